The van der Waals surface area contributed by atoms with E-state index in [1.165, 1.54) is 12.8 Å². The molecular formula is C6H12NaO. The molecule has 0 aliphatic heterocycles. The first-order valence-corrected chi connectivity index (χ1v) is 2.93. The Labute approximate surface area is 72.8 Å². The SMILES string of the molecule is CC1(O)CCCC1.[Na]. The van der Waals surface area contributed by atoms with Gasteiger partial charge < -0.3 is 5.11 Å². The van der Waals surface area contributed by atoms with Crippen LogP contribution in [-0.2, 0) is 0 Å². The van der Waals surface area contributed by atoms with Gasteiger partial charge in [0.1, 0.15) is 0 Å². The second-order valence-electron chi connectivity index (χ2n) is 2.70. The van der Waals surface area contributed by atoms with Crippen LogP contribution in [0.25, 0.3) is 0 Å². The molecule has 0 aromatic heterocycles. The van der Waals surface area contributed by atoms with Gasteiger partial charge in [0.2, 0.25) is 0 Å². The molecule has 43 valence electrons. The molecule has 1 nitrogen and oxygen atoms in total. The Morgan fingerprint density at radius 2 is 1.62 bits per heavy atom. The summed E-state index contributed by atoms with van der Waals surface area (Å²) >= 11 is 0. The van der Waals surface area contributed by atoms with Crippen molar-refractivity contribution in [2.45, 2.75) is 38.2 Å². The van der Waals surface area contributed by atoms with Crippen LogP contribution in [-0.4, -0.2) is 40.3 Å². The zero-order valence-corrected chi connectivity index (χ0v) is 7.78. The van der Waals surface area contributed by atoms with Crippen molar-refractivity contribution in [3.63, 3.8) is 0 Å². The van der Waals surface area contributed by atoms with Crippen molar-refractivity contribution < 1.29 is 5.11 Å². The second kappa shape index (κ2) is 3.21. The predicted molar refractivity (Wildman–Crippen MR) is 34.8 cm³/mol. The van der Waals surface area contributed by atoms with Crippen LogP contribution < -0.4 is 0 Å². The van der Waals surface area contributed by atoms with Crippen LogP contribution in [0.1, 0.15) is 32.6 Å². The molecule has 0 atom stereocenters. The minimum Gasteiger partial charge on any atom is -0.390 e. The molecule has 1 aliphatic carbocycles. The van der Waals surface area contributed by atoms with Crippen molar-refractivity contribution >= 4 is 29.6 Å². The maximum absolute atomic E-state index is 9.19. The number of hydrogen-bond acceptors (Lipinski definition) is 1. The largest absolute Gasteiger partial charge is 0.390 e. The maximum atomic E-state index is 9.19. The fourth-order valence-corrected chi connectivity index (χ4v) is 1.14. The summed E-state index contributed by atoms with van der Waals surface area (Å²) in [5.74, 6) is 0. The first kappa shape index (κ1) is 8.96. The first-order valence-electron chi connectivity index (χ1n) is 2.93. The molecule has 0 spiro atoms. The van der Waals surface area contributed by atoms with E-state index >= 15 is 0 Å². The molecule has 0 bridgehead atoms. The third kappa shape index (κ3) is 2.49. The Hall–Kier alpha value is 0.960. The Bertz CT molecular complexity index is 62.9. The van der Waals surface area contributed by atoms with Crippen molar-refractivity contribution in [1.82, 2.24) is 0 Å². The first-order chi connectivity index (χ1) is 3.21. The molecule has 0 saturated heterocycles. The molecule has 8 heavy (non-hydrogen) atoms. The molecule has 0 heterocycles. The van der Waals surface area contributed by atoms with Gasteiger partial charge in [-0.1, -0.05) is 12.8 Å². The summed E-state index contributed by atoms with van der Waals surface area (Å²) in [7, 11) is 0. The summed E-state index contributed by atoms with van der Waals surface area (Å²) in [5.41, 5.74) is -0.306. The summed E-state index contributed by atoms with van der Waals surface area (Å²) in [5, 5.41) is 9.19. The third-order valence-electron chi connectivity index (χ3n) is 1.68. The summed E-state index contributed by atoms with van der Waals surface area (Å²) in [6, 6.07) is 0. The molecule has 1 rings (SSSR count). The predicted octanol–water partition coefficient (Wildman–Crippen LogP) is 0.931. The summed E-state index contributed by atoms with van der Waals surface area (Å²) in [6.07, 6.45) is 4.44. The van der Waals surface area contributed by atoms with Gasteiger partial charge >= 0.3 is 0 Å². The minimum absolute atomic E-state index is 0. The van der Waals surface area contributed by atoms with E-state index in [1.807, 2.05) is 6.92 Å². The smallest absolute Gasteiger partial charge is 0.0619 e. The van der Waals surface area contributed by atoms with Gasteiger partial charge in [-0.05, 0) is 19.8 Å². The van der Waals surface area contributed by atoms with E-state index in [1.54, 1.807) is 0 Å². The minimum atomic E-state index is -0.306. The van der Waals surface area contributed by atoms with Crippen molar-refractivity contribution in [3.8, 4) is 0 Å². The van der Waals surface area contributed by atoms with E-state index in [4.69, 9.17) is 0 Å². The van der Waals surface area contributed by atoms with Gasteiger partial charge in [-0.2, -0.15) is 0 Å². The van der Waals surface area contributed by atoms with E-state index < -0.39 is 0 Å². The van der Waals surface area contributed by atoms with Crippen LogP contribution in [0.2, 0.25) is 0 Å². The standard InChI is InChI=1S/C6H12O.Na/c1-6(7)4-2-3-5-6;/h7H,2-5H2,1H3;. The second-order valence-corrected chi connectivity index (χ2v) is 2.70. The Kier molecular flexibility index (Phi) is 3.60. The topological polar surface area (TPSA) is 20.2 Å². The molecule has 1 radical (unpaired) electrons. The molecule has 1 fully saturated rings. The molecule has 2 heteroatoms. The summed E-state index contributed by atoms with van der Waals surface area (Å²) < 4.78 is 0. The Morgan fingerprint density at radius 3 is 1.75 bits per heavy atom. The van der Waals surface area contributed by atoms with E-state index in [0.29, 0.717) is 0 Å². The average molecular weight is 123 g/mol. The monoisotopic (exact) mass is 123 g/mol. The quantitative estimate of drug-likeness (QED) is 0.475. The number of hydrogen-bond donors (Lipinski definition) is 1. The van der Waals surface area contributed by atoms with Gasteiger partial charge in [-0.3, -0.25) is 0 Å². The fourth-order valence-electron chi connectivity index (χ4n) is 1.14. The Balaban J connectivity index is 0.000000490. The molecule has 0 aromatic carbocycles. The molecular weight excluding hydrogens is 111 g/mol. The molecule has 0 aromatic rings. The van der Waals surface area contributed by atoms with Crippen LogP contribution in [0.3, 0.4) is 0 Å². The van der Waals surface area contributed by atoms with Crippen molar-refractivity contribution in [2.75, 3.05) is 0 Å². The molecule has 0 amide bonds. The van der Waals surface area contributed by atoms with Gasteiger partial charge in [-0.15, -0.1) is 0 Å². The van der Waals surface area contributed by atoms with Crippen LogP contribution in [0, 0.1) is 0 Å². The zero-order valence-electron chi connectivity index (χ0n) is 5.78. The molecule has 1 N–H and O–H groups in total. The van der Waals surface area contributed by atoms with E-state index in [2.05, 4.69) is 0 Å². The van der Waals surface area contributed by atoms with E-state index in [9.17, 15) is 5.11 Å². The van der Waals surface area contributed by atoms with Gasteiger partial charge in [0.05, 0.1) is 5.60 Å². The van der Waals surface area contributed by atoms with Gasteiger partial charge in [-0.25, -0.2) is 0 Å². The zero-order chi connectivity index (χ0) is 5.33. The average Bonchev–Trinajstić information content (AvgIpc) is 1.84. The summed E-state index contributed by atoms with van der Waals surface area (Å²) in [4.78, 5) is 0. The third-order valence-corrected chi connectivity index (χ3v) is 1.68. The van der Waals surface area contributed by atoms with Crippen molar-refractivity contribution in [3.05, 3.63) is 0 Å². The van der Waals surface area contributed by atoms with Crippen LogP contribution in [0.4, 0.5) is 0 Å². The van der Waals surface area contributed by atoms with E-state index in [-0.39, 0.29) is 35.2 Å². The molecule has 0 unspecified atom stereocenters. The normalized spacial score (nSPS) is 24.8. The maximum Gasteiger partial charge on any atom is 0.0619 e. The van der Waals surface area contributed by atoms with Crippen LogP contribution >= 0.6 is 0 Å². The van der Waals surface area contributed by atoms with Gasteiger partial charge in [0, 0.05) is 29.6 Å². The Morgan fingerprint density at radius 1 is 1.25 bits per heavy atom. The fraction of sp³-hybridized carbons (Fsp3) is 1.00. The van der Waals surface area contributed by atoms with E-state index in [0.717, 1.165) is 12.8 Å². The molecule has 1 aliphatic rings. The van der Waals surface area contributed by atoms with Crippen molar-refractivity contribution in [2.24, 2.45) is 0 Å². The van der Waals surface area contributed by atoms with Gasteiger partial charge in [0.15, 0.2) is 0 Å². The van der Waals surface area contributed by atoms with Gasteiger partial charge in [0.25, 0.3) is 0 Å². The molecule has 1 saturated carbocycles. The summed E-state index contributed by atoms with van der Waals surface area (Å²) in [6.45, 7) is 1.92. The number of rotatable bonds is 0. The van der Waals surface area contributed by atoms with Crippen LogP contribution in [0.15, 0.2) is 0 Å². The van der Waals surface area contributed by atoms with Crippen LogP contribution in [0.5, 0.6) is 0 Å². The van der Waals surface area contributed by atoms with Crippen molar-refractivity contribution in [1.29, 1.82) is 0 Å². The number of aliphatic hydroxyl groups is 1.